The molecule has 2 N–H and O–H groups in total. The first-order chi connectivity index (χ1) is 11.7. The van der Waals surface area contributed by atoms with Crippen LogP contribution in [-0.2, 0) is 4.79 Å². The van der Waals surface area contributed by atoms with Gasteiger partial charge in [0.2, 0.25) is 0 Å². The number of methoxy groups -OCH3 is 2. The molecule has 0 aliphatic carbocycles. The predicted octanol–water partition coefficient (Wildman–Crippen LogP) is 3.20. The van der Waals surface area contributed by atoms with E-state index in [1.165, 1.54) is 0 Å². The predicted molar refractivity (Wildman–Crippen MR) is 92.0 cm³/mol. The number of anilines is 1. The lowest BCUT2D eigenvalue weighted by molar-refractivity contribution is -0.118. The molecule has 0 spiro atoms. The zero-order chi connectivity index (χ0) is 16.9. The Morgan fingerprint density at radius 1 is 1.08 bits per heavy atom. The number of nitrogens with one attached hydrogen (secondary N) is 2. The summed E-state index contributed by atoms with van der Waals surface area (Å²) in [6.07, 6.45) is 1.83. The number of hydrogen-bond acceptors (Lipinski definition) is 4. The van der Waals surface area contributed by atoms with Gasteiger partial charge in [-0.05, 0) is 30.3 Å². The van der Waals surface area contributed by atoms with Gasteiger partial charge in [0.25, 0.3) is 5.91 Å². The van der Waals surface area contributed by atoms with Crippen LogP contribution in [0.3, 0.4) is 0 Å². The van der Waals surface area contributed by atoms with Crippen molar-refractivity contribution < 1.29 is 19.0 Å². The van der Waals surface area contributed by atoms with Gasteiger partial charge in [-0.25, -0.2) is 0 Å². The molecule has 6 nitrogen and oxygen atoms in total. The molecule has 124 valence electrons. The molecule has 0 aliphatic rings. The molecule has 6 heteroatoms. The Balaban J connectivity index is 1.69. The number of rotatable bonds is 6. The zero-order valence-corrected chi connectivity index (χ0v) is 13.5. The van der Waals surface area contributed by atoms with E-state index in [0.29, 0.717) is 22.9 Å². The molecule has 24 heavy (non-hydrogen) atoms. The van der Waals surface area contributed by atoms with Crippen LogP contribution in [0.1, 0.15) is 0 Å². The zero-order valence-electron chi connectivity index (χ0n) is 13.5. The third-order valence-electron chi connectivity index (χ3n) is 3.59. The minimum absolute atomic E-state index is 0.106. The molecule has 0 fully saturated rings. The topological polar surface area (TPSA) is 72.6 Å². The molecule has 3 aromatic rings. The lowest BCUT2D eigenvalue weighted by Gasteiger charge is -2.12. The van der Waals surface area contributed by atoms with Crippen LogP contribution in [0.15, 0.2) is 48.7 Å². The van der Waals surface area contributed by atoms with Crippen molar-refractivity contribution in [2.75, 3.05) is 26.1 Å². The Morgan fingerprint density at radius 3 is 2.75 bits per heavy atom. The van der Waals surface area contributed by atoms with Gasteiger partial charge >= 0.3 is 0 Å². The lowest BCUT2D eigenvalue weighted by atomic mass is 10.2. The van der Waals surface area contributed by atoms with Gasteiger partial charge in [0.1, 0.15) is 17.2 Å². The van der Waals surface area contributed by atoms with Crippen LogP contribution >= 0.6 is 0 Å². The van der Waals surface area contributed by atoms with Crippen molar-refractivity contribution >= 4 is 22.5 Å². The summed E-state index contributed by atoms with van der Waals surface area (Å²) in [6.45, 7) is -0.106. The number of carbonyl (C=O) groups is 1. The SMILES string of the molecule is COc1ccc(OC)c(NC(=O)COc2cccc3[nH]ccc23)c1. The third kappa shape index (κ3) is 3.27. The highest BCUT2D eigenvalue weighted by Crippen LogP contribution is 2.29. The number of amides is 1. The van der Waals surface area contributed by atoms with Crippen molar-refractivity contribution in [1.82, 2.24) is 4.98 Å². The molecule has 0 saturated carbocycles. The Bertz CT molecular complexity index is 857. The van der Waals surface area contributed by atoms with E-state index >= 15 is 0 Å². The van der Waals surface area contributed by atoms with Crippen molar-refractivity contribution in [2.24, 2.45) is 0 Å². The second-order valence-corrected chi connectivity index (χ2v) is 5.10. The minimum atomic E-state index is -0.283. The van der Waals surface area contributed by atoms with E-state index in [9.17, 15) is 4.79 Å². The quantitative estimate of drug-likeness (QED) is 0.729. The molecule has 0 radical (unpaired) electrons. The van der Waals surface area contributed by atoms with Gasteiger partial charge in [0, 0.05) is 23.2 Å². The fourth-order valence-electron chi connectivity index (χ4n) is 2.42. The summed E-state index contributed by atoms with van der Waals surface area (Å²) in [5.74, 6) is 1.55. The number of aromatic nitrogens is 1. The molecule has 1 aromatic heterocycles. The van der Waals surface area contributed by atoms with E-state index in [1.54, 1.807) is 32.4 Å². The van der Waals surface area contributed by atoms with Gasteiger partial charge in [-0.2, -0.15) is 0 Å². The highest BCUT2D eigenvalue weighted by Gasteiger charge is 2.11. The summed E-state index contributed by atoms with van der Waals surface area (Å²) in [4.78, 5) is 15.3. The fraction of sp³-hybridized carbons (Fsp3) is 0.167. The summed E-state index contributed by atoms with van der Waals surface area (Å²) in [5.41, 5.74) is 1.49. The summed E-state index contributed by atoms with van der Waals surface area (Å²) < 4.78 is 16.0. The first kappa shape index (κ1) is 15.7. The molecule has 0 bridgehead atoms. The number of ether oxygens (including phenoxy) is 3. The molecule has 0 saturated heterocycles. The van der Waals surface area contributed by atoms with Gasteiger partial charge in [0.15, 0.2) is 6.61 Å². The number of H-pyrrole nitrogens is 1. The Kier molecular flexibility index (Phi) is 4.56. The maximum atomic E-state index is 12.2. The van der Waals surface area contributed by atoms with Gasteiger partial charge < -0.3 is 24.5 Å². The van der Waals surface area contributed by atoms with Crippen LogP contribution in [0.25, 0.3) is 10.9 Å². The molecule has 0 atom stereocenters. The molecule has 2 aromatic carbocycles. The van der Waals surface area contributed by atoms with Crippen LogP contribution in [0.4, 0.5) is 5.69 Å². The number of carbonyl (C=O) groups excluding carboxylic acids is 1. The normalized spacial score (nSPS) is 10.4. The van der Waals surface area contributed by atoms with Crippen molar-refractivity contribution in [3.63, 3.8) is 0 Å². The number of hydrogen-bond donors (Lipinski definition) is 2. The summed E-state index contributed by atoms with van der Waals surface area (Å²) in [6, 6.07) is 12.8. The van der Waals surface area contributed by atoms with E-state index in [-0.39, 0.29) is 12.5 Å². The van der Waals surface area contributed by atoms with Crippen molar-refractivity contribution in [3.8, 4) is 17.2 Å². The van der Waals surface area contributed by atoms with E-state index in [1.807, 2.05) is 30.5 Å². The van der Waals surface area contributed by atoms with E-state index in [0.717, 1.165) is 10.9 Å². The molecular formula is C18H18N2O4. The third-order valence-corrected chi connectivity index (χ3v) is 3.59. The van der Waals surface area contributed by atoms with Crippen molar-refractivity contribution in [1.29, 1.82) is 0 Å². The summed E-state index contributed by atoms with van der Waals surface area (Å²) in [5, 5.41) is 3.71. The van der Waals surface area contributed by atoms with Crippen LogP contribution in [0.2, 0.25) is 0 Å². The highest BCUT2D eigenvalue weighted by molar-refractivity contribution is 5.94. The van der Waals surface area contributed by atoms with Crippen molar-refractivity contribution in [2.45, 2.75) is 0 Å². The highest BCUT2D eigenvalue weighted by atomic mass is 16.5. The number of aromatic amines is 1. The minimum Gasteiger partial charge on any atom is -0.497 e. The largest absolute Gasteiger partial charge is 0.497 e. The molecule has 3 rings (SSSR count). The van der Waals surface area contributed by atoms with Crippen LogP contribution in [0.5, 0.6) is 17.2 Å². The van der Waals surface area contributed by atoms with Crippen LogP contribution < -0.4 is 19.5 Å². The first-order valence-corrected chi connectivity index (χ1v) is 7.42. The molecular weight excluding hydrogens is 308 g/mol. The Labute approximate surface area is 139 Å². The Morgan fingerprint density at radius 2 is 1.96 bits per heavy atom. The average Bonchev–Trinajstić information content (AvgIpc) is 3.09. The van der Waals surface area contributed by atoms with E-state index in [4.69, 9.17) is 14.2 Å². The standard InChI is InChI=1S/C18H18N2O4/c1-22-12-6-7-17(23-2)15(10-12)20-18(21)11-24-16-5-3-4-14-13(16)8-9-19-14/h3-10,19H,11H2,1-2H3,(H,20,21). The number of fused-ring (bicyclic) bond motifs is 1. The van der Waals surface area contributed by atoms with Crippen LogP contribution in [0, 0.1) is 0 Å². The van der Waals surface area contributed by atoms with Gasteiger partial charge in [-0.3, -0.25) is 4.79 Å². The maximum absolute atomic E-state index is 12.2. The van der Waals surface area contributed by atoms with E-state index < -0.39 is 0 Å². The monoisotopic (exact) mass is 326 g/mol. The maximum Gasteiger partial charge on any atom is 0.262 e. The van der Waals surface area contributed by atoms with Gasteiger partial charge in [0.05, 0.1) is 19.9 Å². The lowest BCUT2D eigenvalue weighted by Crippen LogP contribution is -2.20. The Hall–Kier alpha value is -3.15. The molecule has 1 heterocycles. The summed E-state index contributed by atoms with van der Waals surface area (Å²) in [7, 11) is 3.11. The van der Waals surface area contributed by atoms with Crippen LogP contribution in [-0.4, -0.2) is 31.7 Å². The smallest absolute Gasteiger partial charge is 0.262 e. The second-order valence-electron chi connectivity index (χ2n) is 5.10. The first-order valence-electron chi connectivity index (χ1n) is 7.42. The summed E-state index contributed by atoms with van der Waals surface area (Å²) >= 11 is 0. The van der Waals surface area contributed by atoms with Gasteiger partial charge in [-0.1, -0.05) is 6.07 Å². The fourth-order valence-corrected chi connectivity index (χ4v) is 2.42. The average molecular weight is 326 g/mol. The number of benzene rings is 2. The van der Waals surface area contributed by atoms with Crippen molar-refractivity contribution in [3.05, 3.63) is 48.7 Å². The second kappa shape index (κ2) is 6.95. The molecule has 1 amide bonds. The van der Waals surface area contributed by atoms with E-state index in [2.05, 4.69) is 10.3 Å². The molecule has 0 unspecified atom stereocenters. The molecule has 0 aliphatic heterocycles. The van der Waals surface area contributed by atoms with Gasteiger partial charge in [-0.15, -0.1) is 0 Å².